The highest BCUT2D eigenvalue weighted by Gasteiger charge is 2.36. The highest BCUT2D eigenvalue weighted by atomic mass is 28.4. The molecule has 0 aliphatic heterocycles. The average molecular weight is 435 g/mol. The molecule has 5 heteroatoms. The van der Waals surface area contributed by atoms with Crippen molar-refractivity contribution in [1.29, 1.82) is 0 Å². The molecule has 0 spiro atoms. The van der Waals surface area contributed by atoms with Crippen LogP contribution >= 0.6 is 0 Å². The van der Waals surface area contributed by atoms with Crippen molar-refractivity contribution in [1.82, 2.24) is 0 Å². The maximum absolute atomic E-state index is 6.90. The minimum Gasteiger partial charge on any atom is -0.436 e. The van der Waals surface area contributed by atoms with Crippen LogP contribution < -0.4 is 4.90 Å². The van der Waals surface area contributed by atoms with Crippen molar-refractivity contribution in [2.24, 2.45) is 0 Å². The topological polar surface area (TPSA) is 21.7 Å². The smallest absolute Gasteiger partial charge is 0.322 e. The van der Waals surface area contributed by atoms with Gasteiger partial charge in [-0.2, -0.15) is 0 Å². The molecule has 3 rings (SSSR count). The molecule has 0 saturated heterocycles. The highest BCUT2D eigenvalue weighted by Crippen LogP contribution is 2.36. The first-order valence-corrected chi connectivity index (χ1v) is 15.7. The van der Waals surface area contributed by atoms with Crippen molar-refractivity contribution < 1.29 is 8.54 Å². The Balaban J connectivity index is 2.09. The van der Waals surface area contributed by atoms with Crippen LogP contribution in [0.4, 0.5) is 11.4 Å². The molecule has 0 saturated carbocycles. The van der Waals surface area contributed by atoms with E-state index in [1.54, 1.807) is 0 Å². The molecule has 0 amide bonds. The Hall–Kier alpha value is -2.19. The van der Waals surface area contributed by atoms with E-state index in [1.165, 1.54) is 5.56 Å². The fraction of sp³-hybridized carbons (Fsp3) is 0.280. The predicted molar refractivity (Wildman–Crippen MR) is 131 cm³/mol. The fourth-order valence-corrected chi connectivity index (χ4v) is 8.74. The molecule has 0 aliphatic carbocycles. The molecule has 30 heavy (non-hydrogen) atoms. The summed E-state index contributed by atoms with van der Waals surface area (Å²) in [7, 11) is -3.21. The lowest BCUT2D eigenvalue weighted by Gasteiger charge is -2.41. The predicted octanol–water partition coefficient (Wildman–Crippen LogP) is 6.94. The van der Waals surface area contributed by atoms with Crippen LogP contribution in [0.3, 0.4) is 0 Å². The van der Waals surface area contributed by atoms with Gasteiger partial charge in [-0.25, -0.2) is 0 Å². The number of nitrogens with zero attached hydrogens (tertiary/aromatic N) is 1. The molecule has 2 unspecified atom stereocenters. The Labute approximate surface area is 184 Å². The second kappa shape index (κ2) is 10.2. The van der Waals surface area contributed by atoms with Crippen LogP contribution in [0.5, 0.6) is 0 Å². The Morgan fingerprint density at radius 1 is 0.733 bits per heavy atom. The first-order chi connectivity index (χ1) is 14.4. The molecule has 0 fully saturated rings. The second-order valence-corrected chi connectivity index (χ2v) is 13.8. The normalized spacial score (nSPS) is 13.8. The minimum atomic E-state index is -2.35. The number of hydrogen-bond donors (Lipinski definition) is 0. The average Bonchev–Trinajstić information content (AvgIpc) is 2.74. The van der Waals surface area contributed by atoms with Crippen molar-refractivity contribution in [3.05, 3.63) is 96.6 Å². The third kappa shape index (κ3) is 5.92. The van der Waals surface area contributed by atoms with Gasteiger partial charge in [-0.1, -0.05) is 73.7 Å². The maximum Gasteiger partial charge on any atom is 0.322 e. The molecule has 2 atom stereocenters. The third-order valence-electron chi connectivity index (χ3n) is 4.93. The van der Waals surface area contributed by atoms with E-state index in [-0.39, 0.29) is 12.1 Å². The molecule has 157 valence electrons. The summed E-state index contributed by atoms with van der Waals surface area (Å²) in [6, 6.07) is 31.6. The zero-order valence-electron chi connectivity index (χ0n) is 18.6. The van der Waals surface area contributed by atoms with Gasteiger partial charge in [0.25, 0.3) is 0 Å². The van der Waals surface area contributed by atoms with E-state index in [2.05, 4.69) is 117 Å². The van der Waals surface area contributed by atoms with E-state index in [9.17, 15) is 0 Å². The van der Waals surface area contributed by atoms with Gasteiger partial charge in [-0.15, -0.1) is 0 Å². The van der Waals surface area contributed by atoms with Gasteiger partial charge in [0.2, 0.25) is 0 Å². The lowest BCUT2D eigenvalue weighted by atomic mass is 9.98. The Kier molecular flexibility index (Phi) is 7.66. The summed E-state index contributed by atoms with van der Waals surface area (Å²) < 4.78 is 13.3. The maximum atomic E-state index is 6.90. The number of benzene rings is 3. The summed E-state index contributed by atoms with van der Waals surface area (Å²) in [5.74, 6) is 0.145. The van der Waals surface area contributed by atoms with Crippen LogP contribution in [0.1, 0.15) is 18.4 Å². The van der Waals surface area contributed by atoms with Gasteiger partial charge in [0, 0.05) is 17.3 Å². The molecule has 0 aromatic heterocycles. The number of hydrogen-bond acceptors (Lipinski definition) is 3. The van der Waals surface area contributed by atoms with Crippen LogP contribution in [0.15, 0.2) is 91.0 Å². The third-order valence-corrected chi connectivity index (χ3v) is 9.34. The Bertz CT molecular complexity index is 849. The van der Waals surface area contributed by atoms with Gasteiger partial charge in [0.1, 0.15) is 6.23 Å². The zero-order valence-corrected chi connectivity index (χ0v) is 20.6. The molecule has 3 nitrogen and oxygen atoms in total. The van der Waals surface area contributed by atoms with Crippen LogP contribution in [-0.2, 0) is 8.54 Å². The molecular formula is C25H32NO2Si2. The quantitative estimate of drug-likeness (QED) is 0.269. The van der Waals surface area contributed by atoms with Gasteiger partial charge in [0.15, 0.2) is 9.04 Å². The summed E-state index contributed by atoms with van der Waals surface area (Å²) in [6.45, 7) is 10.9. The lowest BCUT2D eigenvalue weighted by Crippen LogP contribution is -2.49. The van der Waals surface area contributed by atoms with Crippen molar-refractivity contribution in [3.8, 4) is 0 Å². The van der Waals surface area contributed by atoms with Crippen LogP contribution in [-0.4, -0.2) is 23.8 Å². The molecule has 0 bridgehead atoms. The first-order valence-electron chi connectivity index (χ1n) is 10.5. The number of rotatable bonds is 9. The van der Waals surface area contributed by atoms with E-state index < -0.39 is 17.6 Å². The van der Waals surface area contributed by atoms with Gasteiger partial charge < -0.3 is 13.4 Å². The summed E-state index contributed by atoms with van der Waals surface area (Å²) in [6.07, 6.45) is -0.194. The van der Waals surface area contributed by atoms with Crippen LogP contribution in [0.25, 0.3) is 0 Å². The van der Waals surface area contributed by atoms with E-state index in [1.807, 2.05) is 12.1 Å². The number of para-hydroxylation sites is 2. The largest absolute Gasteiger partial charge is 0.436 e. The number of anilines is 2. The van der Waals surface area contributed by atoms with E-state index in [0.717, 1.165) is 11.4 Å². The van der Waals surface area contributed by atoms with Crippen molar-refractivity contribution in [3.63, 3.8) is 0 Å². The van der Waals surface area contributed by atoms with Gasteiger partial charge in [-0.3, -0.25) is 0 Å². The summed E-state index contributed by atoms with van der Waals surface area (Å²) >= 11 is 0. The SMILES string of the molecule is CC(c1ccccc1)C(O[Si](C)(C)O[Si](C)C)N(c1ccccc1)c1ccccc1. The van der Waals surface area contributed by atoms with Crippen LogP contribution in [0.2, 0.25) is 26.2 Å². The lowest BCUT2D eigenvalue weighted by molar-refractivity contribution is 0.141. The molecule has 1 radical (unpaired) electrons. The van der Waals surface area contributed by atoms with Crippen molar-refractivity contribution in [2.75, 3.05) is 4.90 Å². The Morgan fingerprint density at radius 3 is 1.60 bits per heavy atom. The van der Waals surface area contributed by atoms with Gasteiger partial charge >= 0.3 is 8.56 Å². The fourth-order valence-electron chi connectivity index (χ4n) is 3.73. The van der Waals surface area contributed by atoms with E-state index >= 15 is 0 Å². The van der Waals surface area contributed by atoms with E-state index in [0.29, 0.717) is 0 Å². The molecule has 0 heterocycles. The standard InChI is InChI=1S/C25H32NO2Si2/c1-21(22-15-9-6-10-16-22)25(27-30(4,5)28-29(2)3)26(23-17-11-7-12-18-23)24-19-13-8-14-20-24/h6-21,25H,1-5H3. The van der Waals surface area contributed by atoms with Crippen LogP contribution in [0, 0.1) is 0 Å². The highest BCUT2D eigenvalue weighted by molar-refractivity contribution is 6.72. The molecule has 3 aromatic carbocycles. The zero-order chi connectivity index (χ0) is 21.6. The molecule has 3 aromatic rings. The van der Waals surface area contributed by atoms with E-state index in [4.69, 9.17) is 8.54 Å². The Morgan fingerprint density at radius 2 is 1.17 bits per heavy atom. The van der Waals surface area contributed by atoms with Crippen molar-refractivity contribution >= 4 is 29.0 Å². The second-order valence-electron chi connectivity index (χ2n) is 8.16. The summed E-state index contributed by atoms with van der Waals surface area (Å²) in [5, 5.41) is 0. The molecular weight excluding hydrogens is 402 g/mol. The van der Waals surface area contributed by atoms with Gasteiger partial charge in [0.05, 0.1) is 0 Å². The first kappa shape index (κ1) is 22.5. The minimum absolute atomic E-state index is 0.145. The monoisotopic (exact) mass is 434 g/mol. The summed E-state index contributed by atoms with van der Waals surface area (Å²) in [4.78, 5) is 2.31. The van der Waals surface area contributed by atoms with Gasteiger partial charge in [-0.05, 0) is 56.0 Å². The van der Waals surface area contributed by atoms with Crippen molar-refractivity contribution in [2.45, 2.75) is 45.3 Å². The molecule has 0 aliphatic rings. The molecule has 0 N–H and O–H groups in total. The summed E-state index contributed by atoms with van der Waals surface area (Å²) in [5.41, 5.74) is 3.47.